The Morgan fingerprint density at radius 3 is 2.52 bits per heavy atom. The molecule has 2 N–H and O–H groups in total. The van der Waals surface area contributed by atoms with E-state index >= 15 is 0 Å². The van der Waals surface area contributed by atoms with Gasteiger partial charge in [-0.05, 0) is 41.1 Å². The molecule has 0 saturated heterocycles. The molecular weight excluding hydrogens is 430 g/mol. The van der Waals surface area contributed by atoms with Crippen molar-refractivity contribution in [3.05, 3.63) is 108 Å². The van der Waals surface area contributed by atoms with Crippen LogP contribution in [0.15, 0.2) is 97.2 Å². The maximum atomic E-state index is 11.0. The van der Waals surface area contributed by atoms with Crippen LogP contribution in [0.3, 0.4) is 0 Å². The molecule has 1 unspecified atom stereocenters. The lowest BCUT2D eigenvalue weighted by Gasteiger charge is -2.19. The molecule has 2 heterocycles. The third kappa shape index (κ3) is 3.58. The fraction of sp³-hybridized carbons (Fsp3) is 0.0385. The number of hydrogen-bond donors (Lipinski definition) is 2. The normalized spacial score (nSPS) is 12.2. The zero-order valence-corrected chi connectivity index (χ0v) is 18.3. The van der Waals surface area contributed by atoms with Crippen molar-refractivity contribution in [1.29, 1.82) is 0 Å². The van der Waals surface area contributed by atoms with E-state index in [-0.39, 0.29) is 5.75 Å². The van der Waals surface area contributed by atoms with E-state index in [1.54, 1.807) is 28.4 Å². The highest BCUT2D eigenvalue weighted by Crippen LogP contribution is 2.38. The van der Waals surface area contributed by atoms with Crippen LogP contribution < -0.4 is 5.32 Å². The van der Waals surface area contributed by atoms with Gasteiger partial charge in [0.05, 0.1) is 22.1 Å². The molecule has 2 aromatic heterocycles. The van der Waals surface area contributed by atoms with Gasteiger partial charge in [0.25, 0.3) is 0 Å². The molecule has 0 spiro atoms. The van der Waals surface area contributed by atoms with E-state index in [2.05, 4.69) is 10.4 Å². The first-order valence-electron chi connectivity index (χ1n) is 10.6. The zero-order chi connectivity index (χ0) is 22.2. The van der Waals surface area contributed by atoms with Crippen LogP contribution in [0.5, 0.6) is 5.75 Å². The van der Waals surface area contributed by atoms with Gasteiger partial charge in [0.1, 0.15) is 17.5 Å². The van der Waals surface area contributed by atoms with Crippen molar-refractivity contribution in [2.24, 2.45) is 0 Å². The summed E-state index contributed by atoms with van der Waals surface area (Å²) in [4.78, 5) is 6.35. The smallest absolute Gasteiger partial charge is 0.184 e. The molecule has 4 aromatic carbocycles. The Hall–Kier alpha value is -4.23. The fourth-order valence-corrected chi connectivity index (χ4v) is 4.93. The Labute approximate surface area is 193 Å². The molecule has 0 aliphatic rings. The highest BCUT2D eigenvalue weighted by molar-refractivity contribution is 7.22. The van der Waals surface area contributed by atoms with Crippen LogP contribution in [0.25, 0.3) is 26.7 Å². The summed E-state index contributed by atoms with van der Waals surface area (Å²) >= 11 is 1.57. The Morgan fingerprint density at radius 2 is 1.64 bits per heavy atom. The molecule has 0 amide bonds. The lowest BCUT2D eigenvalue weighted by Crippen LogP contribution is -2.14. The number of thiazole rings is 1. The minimum absolute atomic E-state index is 0.196. The van der Waals surface area contributed by atoms with Crippen molar-refractivity contribution in [2.45, 2.75) is 6.04 Å². The predicted octanol–water partition coefficient (Wildman–Crippen LogP) is 5.94. The van der Waals surface area contributed by atoms with Crippen LogP contribution in [0, 0.1) is 0 Å². The van der Waals surface area contributed by atoms with Gasteiger partial charge in [-0.3, -0.25) is 0 Å². The molecular formula is C26H19N5OS. The van der Waals surface area contributed by atoms with Gasteiger partial charge in [-0.15, -0.1) is 0 Å². The summed E-state index contributed by atoms with van der Waals surface area (Å²) in [7, 11) is 0. The van der Waals surface area contributed by atoms with E-state index in [0.29, 0.717) is 5.69 Å². The number of anilines is 1. The maximum Gasteiger partial charge on any atom is 0.184 e. The van der Waals surface area contributed by atoms with Crippen molar-refractivity contribution in [3.8, 4) is 11.4 Å². The molecule has 160 valence electrons. The molecule has 0 aliphatic heterocycles. The highest BCUT2D eigenvalue weighted by atomic mass is 32.1. The number of aromatic nitrogens is 4. The summed E-state index contributed by atoms with van der Waals surface area (Å²) in [6.45, 7) is 0. The van der Waals surface area contributed by atoms with Crippen LogP contribution >= 0.6 is 11.3 Å². The first-order valence-corrected chi connectivity index (χ1v) is 11.4. The van der Waals surface area contributed by atoms with E-state index in [1.165, 1.54) is 0 Å². The minimum atomic E-state index is -0.450. The third-order valence-corrected chi connectivity index (χ3v) is 6.56. The van der Waals surface area contributed by atoms with Gasteiger partial charge >= 0.3 is 0 Å². The molecule has 7 heteroatoms. The maximum absolute atomic E-state index is 11.0. The van der Waals surface area contributed by atoms with Crippen molar-refractivity contribution in [1.82, 2.24) is 20.0 Å². The van der Waals surface area contributed by atoms with E-state index < -0.39 is 6.04 Å². The minimum Gasteiger partial charge on any atom is -0.508 e. The molecule has 0 saturated carbocycles. The molecule has 0 fully saturated rings. The number of rotatable bonds is 5. The fourth-order valence-electron chi connectivity index (χ4n) is 4.03. The Morgan fingerprint density at radius 1 is 0.848 bits per heavy atom. The highest BCUT2D eigenvalue weighted by Gasteiger charge is 2.25. The van der Waals surface area contributed by atoms with Gasteiger partial charge in [0, 0.05) is 5.56 Å². The lowest BCUT2D eigenvalue weighted by molar-refractivity contribution is 0.467. The first-order chi connectivity index (χ1) is 16.3. The Bertz CT molecular complexity index is 1540. The van der Waals surface area contributed by atoms with Crippen LogP contribution in [0.4, 0.5) is 5.13 Å². The lowest BCUT2D eigenvalue weighted by atomic mass is 9.96. The van der Waals surface area contributed by atoms with Gasteiger partial charge in [0.15, 0.2) is 5.13 Å². The SMILES string of the molecule is Oc1ccc2ccccc2c1C(Nc1nc2ccccc2s1)c1cnn(-c2ccccc2)n1. The van der Waals surface area contributed by atoms with Gasteiger partial charge in [0.2, 0.25) is 0 Å². The second kappa shape index (κ2) is 8.03. The number of phenolic OH excluding ortho intramolecular Hbond substituents is 1. The molecule has 6 rings (SSSR count). The summed E-state index contributed by atoms with van der Waals surface area (Å²) in [5.41, 5.74) is 3.22. The van der Waals surface area contributed by atoms with Gasteiger partial charge in [-0.2, -0.15) is 15.0 Å². The largest absolute Gasteiger partial charge is 0.508 e. The number of hydrogen-bond acceptors (Lipinski definition) is 6. The number of fused-ring (bicyclic) bond motifs is 2. The topological polar surface area (TPSA) is 75.9 Å². The second-order valence-corrected chi connectivity index (χ2v) is 8.71. The predicted molar refractivity (Wildman–Crippen MR) is 132 cm³/mol. The summed E-state index contributed by atoms with van der Waals surface area (Å²) in [6.07, 6.45) is 1.74. The quantitative estimate of drug-likeness (QED) is 0.341. The zero-order valence-electron chi connectivity index (χ0n) is 17.5. The van der Waals surface area contributed by atoms with Gasteiger partial charge in [-0.1, -0.05) is 72.0 Å². The molecule has 0 radical (unpaired) electrons. The summed E-state index contributed by atoms with van der Waals surface area (Å²) in [5, 5.41) is 26.5. The third-order valence-electron chi connectivity index (χ3n) is 5.59. The Kier molecular flexibility index (Phi) is 4.74. The number of para-hydroxylation sites is 2. The Balaban J connectivity index is 1.51. The first kappa shape index (κ1) is 19.5. The molecule has 0 bridgehead atoms. The average Bonchev–Trinajstić information content (AvgIpc) is 3.50. The summed E-state index contributed by atoms with van der Waals surface area (Å²) in [5.74, 6) is 0.196. The van der Waals surface area contributed by atoms with Crippen LogP contribution in [0.2, 0.25) is 0 Å². The standard InChI is InChI=1S/C26H19N5OS/c32-22-15-14-17-8-4-5-11-19(17)24(22)25(29-26-28-20-12-6-7-13-23(20)33-26)21-16-27-31(30-21)18-9-2-1-3-10-18/h1-16,25,32H,(H,28,29). The monoisotopic (exact) mass is 449 g/mol. The summed E-state index contributed by atoms with van der Waals surface area (Å²) in [6, 6.07) is 29.0. The van der Waals surface area contributed by atoms with Crippen LogP contribution in [-0.4, -0.2) is 25.1 Å². The van der Waals surface area contributed by atoms with E-state index in [0.717, 1.165) is 37.4 Å². The number of nitrogens with zero attached hydrogens (tertiary/aromatic N) is 4. The molecule has 33 heavy (non-hydrogen) atoms. The molecule has 6 aromatic rings. The van der Waals surface area contributed by atoms with Gasteiger partial charge < -0.3 is 10.4 Å². The van der Waals surface area contributed by atoms with E-state index in [4.69, 9.17) is 10.1 Å². The van der Waals surface area contributed by atoms with Crippen LogP contribution in [-0.2, 0) is 0 Å². The van der Waals surface area contributed by atoms with E-state index in [9.17, 15) is 5.11 Å². The van der Waals surface area contributed by atoms with Crippen molar-refractivity contribution in [3.63, 3.8) is 0 Å². The number of aromatic hydroxyl groups is 1. The summed E-state index contributed by atoms with van der Waals surface area (Å²) < 4.78 is 1.09. The van der Waals surface area contributed by atoms with Crippen molar-refractivity contribution >= 4 is 37.5 Å². The van der Waals surface area contributed by atoms with Crippen molar-refractivity contribution in [2.75, 3.05) is 5.32 Å². The van der Waals surface area contributed by atoms with E-state index in [1.807, 2.05) is 84.9 Å². The molecule has 0 aliphatic carbocycles. The number of benzene rings is 4. The second-order valence-electron chi connectivity index (χ2n) is 7.68. The number of nitrogens with one attached hydrogen (secondary N) is 1. The molecule has 1 atom stereocenters. The average molecular weight is 450 g/mol. The van der Waals surface area contributed by atoms with Crippen LogP contribution in [0.1, 0.15) is 17.3 Å². The number of phenols is 1. The molecule has 6 nitrogen and oxygen atoms in total. The van der Waals surface area contributed by atoms with Crippen molar-refractivity contribution < 1.29 is 5.11 Å². The van der Waals surface area contributed by atoms with Gasteiger partial charge in [-0.25, -0.2) is 4.98 Å².